The Kier molecular flexibility index (Phi) is 2.45. The number of hydrogen-bond donors (Lipinski definition) is 2. The van der Waals surface area contributed by atoms with Crippen LogP contribution in [0.3, 0.4) is 0 Å². The maximum absolute atomic E-state index is 13.0. The largest absolute Gasteiger partial charge is 0.507 e. The van der Waals surface area contributed by atoms with E-state index in [2.05, 4.69) is 6.58 Å². The molecule has 0 aliphatic carbocycles. The van der Waals surface area contributed by atoms with E-state index in [0.29, 0.717) is 0 Å². The van der Waals surface area contributed by atoms with Gasteiger partial charge in [0.15, 0.2) is 0 Å². The van der Waals surface area contributed by atoms with Gasteiger partial charge in [0.1, 0.15) is 11.6 Å². The lowest BCUT2D eigenvalue weighted by molar-refractivity contribution is 0.455. The third kappa shape index (κ3) is 1.46. The van der Waals surface area contributed by atoms with E-state index in [4.69, 9.17) is 5.73 Å². The topological polar surface area (TPSA) is 46.2 Å². The summed E-state index contributed by atoms with van der Waals surface area (Å²) in [5, 5.41) is 9.23. The molecule has 3 heteroatoms. The predicted octanol–water partition coefficient (Wildman–Crippen LogP) is 1.72. The number of rotatable bonds is 2. The molecule has 0 radical (unpaired) electrons. The van der Waals surface area contributed by atoms with Crippen molar-refractivity contribution in [2.45, 2.75) is 6.04 Å². The van der Waals surface area contributed by atoms with E-state index in [1.807, 2.05) is 0 Å². The number of halogens is 1. The summed E-state index contributed by atoms with van der Waals surface area (Å²) >= 11 is 0. The minimum absolute atomic E-state index is 0.0903. The van der Waals surface area contributed by atoms with Gasteiger partial charge in [-0.15, -0.1) is 6.58 Å². The Hall–Kier alpha value is -1.35. The number of phenols is 1. The summed E-state index contributed by atoms with van der Waals surface area (Å²) in [7, 11) is 0. The lowest BCUT2D eigenvalue weighted by Crippen LogP contribution is -2.08. The average Bonchev–Trinajstić information content (AvgIpc) is 2.03. The first-order valence-corrected chi connectivity index (χ1v) is 3.52. The molecule has 0 amide bonds. The molecule has 12 heavy (non-hydrogen) atoms. The Bertz CT molecular complexity index is 278. The zero-order valence-corrected chi connectivity index (χ0v) is 6.50. The van der Waals surface area contributed by atoms with Crippen LogP contribution >= 0.6 is 0 Å². The molecule has 0 saturated carbocycles. The summed E-state index contributed by atoms with van der Waals surface area (Å²) in [6, 6.07) is 3.40. The fraction of sp³-hybridized carbons (Fsp3) is 0.111. The van der Waals surface area contributed by atoms with Crippen molar-refractivity contribution in [3.05, 3.63) is 42.2 Å². The van der Waals surface area contributed by atoms with E-state index >= 15 is 0 Å². The SMILES string of the molecule is C=C[C@@H](N)c1c(O)cccc1F. The van der Waals surface area contributed by atoms with Crippen LogP contribution in [0.4, 0.5) is 4.39 Å². The zero-order valence-electron chi connectivity index (χ0n) is 6.50. The van der Waals surface area contributed by atoms with Gasteiger partial charge in [-0.25, -0.2) is 4.39 Å². The van der Waals surface area contributed by atoms with Crippen molar-refractivity contribution < 1.29 is 9.50 Å². The molecule has 0 fully saturated rings. The summed E-state index contributed by atoms with van der Waals surface area (Å²) in [5.41, 5.74) is 5.57. The molecule has 64 valence electrons. The molecule has 0 heterocycles. The molecular formula is C9H10FNO. The highest BCUT2D eigenvalue weighted by molar-refractivity contribution is 5.37. The molecule has 0 spiro atoms. The van der Waals surface area contributed by atoms with Crippen LogP contribution in [0.15, 0.2) is 30.9 Å². The van der Waals surface area contributed by atoms with Crippen LogP contribution in [0.25, 0.3) is 0 Å². The molecule has 1 rings (SSSR count). The van der Waals surface area contributed by atoms with Gasteiger partial charge in [0.05, 0.1) is 11.6 Å². The monoisotopic (exact) mass is 167 g/mol. The lowest BCUT2D eigenvalue weighted by Gasteiger charge is -2.09. The number of benzene rings is 1. The van der Waals surface area contributed by atoms with Gasteiger partial charge in [-0.1, -0.05) is 12.1 Å². The zero-order chi connectivity index (χ0) is 9.14. The van der Waals surface area contributed by atoms with Gasteiger partial charge in [0.2, 0.25) is 0 Å². The molecule has 0 unspecified atom stereocenters. The van der Waals surface area contributed by atoms with Gasteiger partial charge in [-0.3, -0.25) is 0 Å². The van der Waals surface area contributed by atoms with Crippen LogP contribution < -0.4 is 5.73 Å². The van der Waals surface area contributed by atoms with E-state index in [0.717, 1.165) is 0 Å². The van der Waals surface area contributed by atoms with E-state index in [1.54, 1.807) is 0 Å². The summed E-state index contributed by atoms with van der Waals surface area (Å²) in [6.45, 7) is 3.42. The Morgan fingerprint density at radius 2 is 2.25 bits per heavy atom. The van der Waals surface area contributed by atoms with E-state index in [1.165, 1.54) is 24.3 Å². The highest BCUT2D eigenvalue weighted by Crippen LogP contribution is 2.25. The third-order valence-corrected chi connectivity index (χ3v) is 1.62. The number of phenolic OH excluding ortho intramolecular Hbond substituents is 1. The Balaban J connectivity index is 3.20. The van der Waals surface area contributed by atoms with Gasteiger partial charge >= 0.3 is 0 Å². The summed E-state index contributed by atoms with van der Waals surface area (Å²) < 4.78 is 13.0. The van der Waals surface area contributed by atoms with Crippen molar-refractivity contribution in [2.75, 3.05) is 0 Å². The second-order valence-electron chi connectivity index (χ2n) is 2.43. The minimum Gasteiger partial charge on any atom is -0.507 e. The van der Waals surface area contributed by atoms with E-state index in [9.17, 15) is 9.50 Å². The van der Waals surface area contributed by atoms with Crippen molar-refractivity contribution in [1.29, 1.82) is 0 Å². The Morgan fingerprint density at radius 1 is 1.58 bits per heavy atom. The van der Waals surface area contributed by atoms with Crippen molar-refractivity contribution in [3.63, 3.8) is 0 Å². The van der Waals surface area contributed by atoms with Crippen molar-refractivity contribution >= 4 is 0 Å². The smallest absolute Gasteiger partial charge is 0.132 e. The van der Waals surface area contributed by atoms with Crippen molar-refractivity contribution in [2.24, 2.45) is 5.73 Å². The summed E-state index contributed by atoms with van der Waals surface area (Å²) in [5.74, 6) is -0.648. The first-order chi connectivity index (χ1) is 5.66. The Labute approximate surface area is 70.1 Å². The van der Waals surface area contributed by atoms with Crippen molar-refractivity contribution in [3.8, 4) is 5.75 Å². The number of nitrogens with two attached hydrogens (primary N) is 1. The number of hydrogen-bond acceptors (Lipinski definition) is 2. The van der Waals surface area contributed by atoms with Crippen LogP contribution in [-0.4, -0.2) is 5.11 Å². The standard InChI is InChI=1S/C9H10FNO/c1-2-7(11)9-6(10)4-3-5-8(9)12/h2-5,7,12H,1,11H2/t7-/m1/s1. The first-order valence-electron chi connectivity index (χ1n) is 3.52. The molecule has 2 nitrogen and oxygen atoms in total. The van der Waals surface area contributed by atoms with Gasteiger partial charge in [-0.05, 0) is 12.1 Å². The van der Waals surface area contributed by atoms with E-state index in [-0.39, 0.29) is 11.3 Å². The summed E-state index contributed by atoms with van der Waals surface area (Å²) in [6.07, 6.45) is 1.37. The molecular weight excluding hydrogens is 157 g/mol. The quantitative estimate of drug-likeness (QED) is 0.659. The maximum Gasteiger partial charge on any atom is 0.132 e. The molecule has 1 aromatic rings. The molecule has 1 aromatic carbocycles. The van der Waals surface area contributed by atoms with Crippen LogP contribution in [-0.2, 0) is 0 Å². The minimum atomic E-state index is -0.661. The Morgan fingerprint density at radius 3 is 2.75 bits per heavy atom. The molecule has 0 saturated heterocycles. The molecule has 0 aliphatic heterocycles. The fourth-order valence-electron chi connectivity index (χ4n) is 0.973. The van der Waals surface area contributed by atoms with Crippen LogP contribution in [0.5, 0.6) is 5.75 Å². The number of aromatic hydroxyl groups is 1. The normalized spacial score (nSPS) is 12.5. The molecule has 3 N–H and O–H groups in total. The average molecular weight is 167 g/mol. The molecule has 0 bridgehead atoms. The van der Waals surface area contributed by atoms with Crippen LogP contribution in [0, 0.1) is 5.82 Å². The maximum atomic E-state index is 13.0. The molecule has 0 aliphatic rings. The van der Waals surface area contributed by atoms with Crippen LogP contribution in [0.1, 0.15) is 11.6 Å². The van der Waals surface area contributed by atoms with E-state index < -0.39 is 11.9 Å². The van der Waals surface area contributed by atoms with Gasteiger partial charge in [0.25, 0.3) is 0 Å². The fourth-order valence-corrected chi connectivity index (χ4v) is 0.973. The second-order valence-corrected chi connectivity index (χ2v) is 2.43. The van der Waals surface area contributed by atoms with Gasteiger partial charge < -0.3 is 10.8 Å². The first kappa shape index (κ1) is 8.74. The molecule has 1 atom stereocenters. The van der Waals surface area contributed by atoms with Crippen LogP contribution in [0.2, 0.25) is 0 Å². The van der Waals surface area contributed by atoms with Gasteiger partial charge in [-0.2, -0.15) is 0 Å². The lowest BCUT2D eigenvalue weighted by atomic mass is 10.1. The highest BCUT2D eigenvalue weighted by atomic mass is 19.1. The molecule has 0 aromatic heterocycles. The predicted molar refractivity (Wildman–Crippen MR) is 45.2 cm³/mol. The second kappa shape index (κ2) is 3.36. The highest BCUT2D eigenvalue weighted by Gasteiger charge is 2.12. The third-order valence-electron chi connectivity index (χ3n) is 1.62. The van der Waals surface area contributed by atoms with Gasteiger partial charge in [0, 0.05) is 0 Å². The van der Waals surface area contributed by atoms with Crippen molar-refractivity contribution in [1.82, 2.24) is 0 Å². The summed E-state index contributed by atoms with van der Waals surface area (Å²) in [4.78, 5) is 0.